The van der Waals surface area contributed by atoms with Gasteiger partial charge in [-0.2, -0.15) is 5.26 Å². The number of nitrogens with zero attached hydrogens (tertiary/aromatic N) is 1. The molecule has 0 aliphatic rings. The summed E-state index contributed by atoms with van der Waals surface area (Å²) in [6.45, 7) is 0. The second-order valence-corrected chi connectivity index (χ2v) is 4.56. The predicted octanol–water partition coefficient (Wildman–Crippen LogP) is 5.04. The van der Waals surface area contributed by atoms with Gasteiger partial charge in [0.1, 0.15) is 0 Å². The van der Waals surface area contributed by atoms with E-state index < -0.39 is 0 Å². The van der Waals surface area contributed by atoms with Gasteiger partial charge in [-0.1, -0.05) is 53.6 Å². The second kappa shape index (κ2) is 5.73. The summed E-state index contributed by atoms with van der Waals surface area (Å²) >= 11 is 11.8. The van der Waals surface area contributed by atoms with Crippen LogP contribution in [0, 0.1) is 11.3 Å². The van der Waals surface area contributed by atoms with Crippen molar-refractivity contribution in [3.05, 3.63) is 69.2 Å². The first-order valence-corrected chi connectivity index (χ1v) is 6.08. The summed E-state index contributed by atoms with van der Waals surface area (Å²) in [6, 6.07) is 14.9. The Morgan fingerprint density at radius 2 is 1.44 bits per heavy atom. The molecule has 3 heteroatoms. The molecular formula is C15H9Cl2N. The zero-order chi connectivity index (χ0) is 13.0. The molecule has 2 aromatic rings. The Hall–Kier alpha value is -1.75. The summed E-state index contributed by atoms with van der Waals surface area (Å²) in [5, 5.41) is 9.79. The molecule has 0 fully saturated rings. The zero-order valence-electron chi connectivity index (χ0n) is 9.40. The van der Waals surface area contributed by atoms with Crippen molar-refractivity contribution in [2.24, 2.45) is 0 Å². The minimum atomic E-state index is 0.540. The first kappa shape index (κ1) is 12.7. The normalized spacial score (nSPS) is 10.5. The van der Waals surface area contributed by atoms with Crippen molar-refractivity contribution in [2.75, 3.05) is 0 Å². The lowest BCUT2D eigenvalue weighted by atomic mass is 10.1. The van der Waals surface area contributed by atoms with Crippen LogP contribution in [0.5, 0.6) is 0 Å². The highest BCUT2D eigenvalue weighted by molar-refractivity contribution is 6.42. The molecule has 88 valence electrons. The molecule has 0 N–H and O–H groups in total. The van der Waals surface area contributed by atoms with E-state index in [1.54, 1.807) is 18.2 Å². The highest BCUT2D eigenvalue weighted by Crippen LogP contribution is 2.23. The maximum atomic E-state index is 8.70. The molecule has 2 aromatic carbocycles. The van der Waals surface area contributed by atoms with Crippen molar-refractivity contribution in [1.29, 1.82) is 5.26 Å². The van der Waals surface area contributed by atoms with Gasteiger partial charge in [0.2, 0.25) is 0 Å². The van der Waals surface area contributed by atoms with Crippen molar-refractivity contribution in [1.82, 2.24) is 0 Å². The van der Waals surface area contributed by atoms with Crippen molar-refractivity contribution in [2.45, 2.75) is 0 Å². The number of nitriles is 1. The molecule has 0 aliphatic heterocycles. The quantitative estimate of drug-likeness (QED) is 0.704. The molecule has 0 amide bonds. The molecule has 0 unspecified atom stereocenters. The van der Waals surface area contributed by atoms with Crippen molar-refractivity contribution < 1.29 is 0 Å². The van der Waals surface area contributed by atoms with Gasteiger partial charge >= 0.3 is 0 Å². The third kappa shape index (κ3) is 3.13. The summed E-state index contributed by atoms with van der Waals surface area (Å²) in [4.78, 5) is 0. The van der Waals surface area contributed by atoms with Gasteiger partial charge in [0.05, 0.1) is 21.7 Å². The summed E-state index contributed by atoms with van der Waals surface area (Å²) in [5.74, 6) is 0. The smallest absolute Gasteiger partial charge is 0.0991 e. The van der Waals surface area contributed by atoms with E-state index >= 15 is 0 Å². The number of hydrogen-bond donors (Lipinski definition) is 0. The Morgan fingerprint density at radius 1 is 0.833 bits per heavy atom. The Bertz CT molecular complexity index is 622. The molecule has 0 saturated heterocycles. The largest absolute Gasteiger partial charge is 0.192 e. The predicted molar refractivity (Wildman–Crippen MR) is 76.5 cm³/mol. The maximum absolute atomic E-state index is 8.70. The Labute approximate surface area is 116 Å². The number of halogens is 2. The van der Waals surface area contributed by atoms with E-state index in [4.69, 9.17) is 28.5 Å². The van der Waals surface area contributed by atoms with Gasteiger partial charge < -0.3 is 0 Å². The van der Waals surface area contributed by atoms with Gasteiger partial charge in [-0.3, -0.25) is 0 Å². The van der Waals surface area contributed by atoms with Gasteiger partial charge in [0.15, 0.2) is 0 Å². The number of rotatable bonds is 2. The van der Waals surface area contributed by atoms with Crippen LogP contribution in [0.3, 0.4) is 0 Å². The molecule has 1 nitrogen and oxygen atoms in total. The average Bonchev–Trinajstić information content (AvgIpc) is 2.41. The van der Waals surface area contributed by atoms with Crippen LogP contribution in [0.2, 0.25) is 10.0 Å². The van der Waals surface area contributed by atoms with Crippen LogP contribution in [0.15, 0.2) is 42.5 Å². The molecule has 18 heavy (non-hydrogen) atoms. The Balaban J connectivity index is 2.19. The fourth-order valence-electron chi connectivity index (χ4n) is 1.48. The van der Waals surface area contributed by atoms with Crippen LogP contribution in [-0.2, 0) is 0 Å². The van der Waals surface area contributed by atoms with Gasteiger partial charge in [0, 0.05) is 0 Å². The highest BCUT2D eigenvalue weighted by Gasteiger charge is 1.96. The maximum Gasteiger partial charge on any atom is 0.0991 e. The Kier molecular flexibility index (Phi) is 4.04. The first-order valence-electron chi connectivity index (χ1n) is 5.32. The van der Waals surface area contributed by atoms with E-state index in [1.807, 2.05) is 36.4 Å². The SMILES string of the molecule is N#Cc1ccc(/C=C/c2ccc(Cl)c(Cl)c2)cc1. The molecule has 0 atom stereocenters. The molecular weight excluding hydrogens is 265 g/mol. The molecule has 2 rings (SSSR count). The van der Waals surface area contributed by atoms with Crippen LogP contribution in [0.4, 0.5) is 0 Å². The first-order chi connectivity index (χ1) is 8.69. The lowest BCUT2D eigenvalue weighted by Gasteiger charge is -1.98. The van der Waals surface area contributed by atoms with E-state index in [-0.39, 0.29) is 0 Å². The molecule has 0 aromatic heterocycles. The van der Waals surface area contributed by atoms with Gasteiger partial charge in [0.25, 0.3) is 0 Å². The van der Waals surface area contributed by atoms with Crippen molar-refractivity contribution in [3.63, 3.8) is 0 Å². The summed E-state index contributed by atoms with van der Waals surface area (Å²) < 4.78 is 0. The second-order valence-electron chi connectivity index (χ2n) is 3.74. The summed E-state index contributed by atoms with van der Waals surface area (Å²) in [6.07, 6.45) is 3.91. The summed E-state index contributed by atoms with van der Waals surface area (Å²) in [7, 11) is 0. The standard InChI is InChI=1S/C15H9Cl2N/c16-14-8-7-12(9-15(14)17)4-1-11-2-5-13(10-18)6-3-11/h1-9H/b4-1+. The molecule has 0 saturated carbocycles. The van der Waals surface area contributed by atoms with Crippen molar-refractivity contribution >= 4 is 35.4 Å². The minimum absolute atomic E-state index is 0.540. The van der Waals surface area contributed by atoms with Gasteiger partial charge in [-0.25, -0.2) is 0 Å². The van der Waals surface area contributed by atoms with Crippen LogP contribution >= 0.6 is 23.2 Å². The van der Waals surface area contributed by atoms with Crippen LogP contribution in [0.25, 0.3) is 12.2 Å². The topological polar surface area (TPSA) is 23.8 Å². The molecule has 0 bridgehead atoms. The number of benzene rings is 2. The van der Waals surface area contributed by atoms with Gasteiger partial charge in [-0.05, 0) is 35.4 Å². The molecule has 0 spiro atoms. The summed E-state index contributed by atoms with van der Waals surface area (Å²) in [5.41, 5.74) is 2.66. The van der Waals surface area contributed by atoms with E-state index in [2.05, 4.69) is 6.07 Å². The lowest BCUT2D eigenvalue weighted by Crippen LogP contribution is -1.76. The molecule has 0 heterocycles. The monoisotopic (exact) mass is 273 g/mol. The Morgan fingerprint density at radius 3 is 2.06 bits per heavy atom. The van der Waals surface area contributed by atoms with E-state index in [0.29, 0.717) is 15.6 Å². The average molecular weight is 274 g/mol. The van der Waals surface area contributed by atoms with Crippen LogP contribution < -0.4 is 0 Å². The van der Waals surface area contributed by atoms with E-state index in [9.17, 15) is 0 Å². The van der Waals surface area contributed by atoms with Crippen molar-refractivity contribution in [3.8, 4) is 6.07 Å². The van der Waals surface area contributed by atoms with Gasteiger partial charge in [-0.15, -0.1) is 0 Å². The van der Waals surface area contributed by atoms with E-state index in [0.717, 1.165) is 11.1 Å². The lowest BCUT2D eigenvalue weighted by molar-refractivity contribution is 1.48. The fraction of sp³-hybridized carbons (Fsp3) is 0. The highest BCUT2D eigenvalue weighted by atomic mass is 35.5. The molecule has 0 radical (unpaired) electrons. The zero-order valence-corrected chi connectivity index (χ0v) is 10.9. The fourth-order valence-corrected chi connectivity index (χ4v) is 1.78. The van der Waals surface area contributed by atoms with Crippen LogP contribution in [0.1, 0.15) is 16.7 Å². The minimum Gasteiger partial charge on any atom is -0.192 e. The third-order valence-electron chi connectivity index (χ3n) is 2.45. The number of hydrogen-bond acceptors (Lipinski definition) is 1. The molecule has 0 aliphatic carbocycles. The van der Waals surface area contributed by atoms with E-state index in [1.165, 1.54) is 0 Å². The third-order valence-corrected chi connectivity index (χ3v) is 3.19. The van der Waals surface area contributed by atoms with Crippen LogP contribution in [-0.4, -0.2) is 0 Å².